The quantitative estimate of drug-likeness (QED) is 0.387. The summed E-state index contributed by atoms with van der Waals surface area (Å²) in [6.45, 7) is 5.14. The van der Waals surface area contributed by atoms with E-state index in [0.717, 1.165) is 39.6 Å². The molecule has 0 aliphatic carbocycles. The molecule has 0 aromatic rings. The van der Waals surface area contributed by atoms with Gasteiger partial charge in [-0.3, -0.25) is 0 Å². The van der Waals surface area contributed by atoms with Crippen molar-refractivity contribution in [2.45, 2.75) is 44.3 Å². The fourth-order valence-electron chi connectivity index (χ4n) is 1.70. The highest BCUT2D eigenvalue weighted by Crippen LogP contribution is 2.10. The lowest BCUT2D eigenvalue weighted by Gasteiger charge is -2.03. The molecule has 0 amide bonds. The van der Waals surface area contributed by atoms with Crippen LogP contribution in [0.2, 0.25) is 0 Å². The van der Waals surface area contributed by atoms with Crippen LogP contribution in [0.3, 0.4) is 0 Å². The first-order valence-corrected chi connectivity index (χ1v) is 6.84. The molecule has 2 unspecified atom stereocenters. The van der Waals surface area contributed by atoms with E-state index >= 15 is 0 Å². The zero-order valence-electron chi connectivity index (χ0n) is 10.6. The summed E-state index contributed by atoms with van der Waals surface area (Å²) >= 11 is 0. The minimum atomic E-state index is 0.405. The molecule has 4 nitrogen and oxygen atoms in total. The van der Waals surface area contributed by atoms with Crippen molar-refractivity contribution < 1.29 is 18.9 Å². The van der Waals surface area contributed by atoms with Crippen LogP contribution in [0, 0.1) is 0 Å². The highest BCUT2D eigenvalue weighted by molar-refractivity contribution is 4.67. The number of rotatable bonds is 12. The average molecular weight is 244 g/mol. The van der Waals surface area contributed by atoms with Gasteiger partial charge in [-0.05, 0) is 12.8 Å². The molecule has 0 bridgehead atoms. The van der Waals surface area contributed by atoms with E-state index < -0.39 is 0 Å². The normalized spacial score (nSPS) is 26.1. The summed E-state index contributed by atoms with van der Waals surface area (Å²) in [5.74, 6) is 0. The largest absolute Gasteiger partial charge is 0.379 e. The van der Waals surface area contributed by atoms with Crippen LogP contribution in [0.5, 0.6) is 0 Å². The van der Waals surface area contributed by atoms with Crippen molar-refractivity contribution in [1.29, 1.82) is 0 Å². The van der Waals surface area contributed by atoms with E-state index in [0.29, 0.717) is 12.2 Å². The van der Waals surface area contributed by atoms with Crippen LogP contribution >= 0.6 is 0 Å². The molecule has 0 aromatic heterocycles. The van der Waals surface area contributed by atoms with Gasteiger partial charge >= 0.3 is 0 Å². The Morgan fingerprint density at radius 3 is 1.53 bits per heavy atom. The minimum absolute atomic E-state index is 0.405. The van der Waals surface area contributed by atoms with Gasteiger partial charge in [0, 0.05) is 13.2 Å². The Morgan fingerprint density at radius 1 is 0.706 bits per heavy atom. The maximum absolute atomic E-state index is 5.47. The molecule has 100 valence electrons. The van der Waals surface area contributed by atoms with Gasteiger partial charge in [0.1, 0.15) is 12.2 Å². The zero-order valence-corrected chi connectivity index (χ0v) is 10.6. The van der Waals surface area contributed by atoms with Gasteiger partial charge in [-0.1, -0.05) is 19.3 Å². The van der Waals surface area contributed by atoms with Gasteiger partial charge in [-0.25, -0.2) is 0 Å². The topological polar surface area (TPSA) is 43.5 Å². The molecule has 0 saturated carbocycles. The van der Waals surface area contributed by atoms with E-state index in [9.17, 15) is 0 Å². The molecule has 2 rings (SSSR count). The summed E-state index contributed by atoms with van der Waals surface area (Å²) in [6, 6.07) is 0. The van der Waals surface area contributed by atoms with Gasteiger partial charge < -0.3 is 18.9 Å². The molecule has 2 fully saturated rings. The molecular weight excluding hydrogens is 220 g/mol. The predicted molar refractivity (Wildman–Crippen MR) is 64.2 cm³/mol. The van der Waals surface area contributed by atoms with Crippen molar-refractivity contribution in [2.75, 3.05) is 39.6 Å². The lowest BCUT2D eigenvalue weighted by Crippen LogP contribution is -2.03. The smallest absolute Gasteiger partial charge is 0.104 e. The van der Waals surface area contributed by atoms with Crippen molar-refractivity contribution in [3.05, 3.63) is 0 Å². The summed E-state index contributed by atoms with van der Waals surface area (Å²) in [5.41, 5.74) is 0. The fourth-order valence-corrected chi connectivity index (χ4v) is 1.70. The lowest BCUT2D eigenvalue weighted by atomic mass is 10.1. The van der Waals surface area contributed by atoms with Crippen LogP contribution in [-0.4, -0.2) is 51.8 Å². The molecule has 4 heteroatoms. The van der Waals surface area contributed by atoms with E-state index in [2.05, 4.69) is 0 Å². The predicted octanol–water partition coefficient (Wildman–Crippen LogP) is 1.77. The van der Waals surface area contributed by atoms with E-state index in [-0.39, 0.29) is 0 Å². The highest BCUT2D eigenvalue weighted by Gasteiger charge is 2.22. The van der Waals surface area contributed by atoms with Gasteiger partial charge in [-0.2, -0.15) is 0 Å². The Bertz CT molecular complexity index is 170. The van der Waals surface area contributed by atoms with Gasteiger partial charge in [0.25, 0.3) is 0 Å². The lowest BCUT2D eigenvalue weighted by molar-refractivity contribution is 0.109. The standard InChI is InChI=1S/C13H24O4/c1(2-4-6-14-8-12-10-16-12)3-5-7-15-9-13-11-17-13/h12-13H,1-11H2. The van der Waals surface area contributed by atoms with Crippen molar-refractivity contribution in [2.24, 2.45) is 0 Å². The van der Waals surface area contributed by atoms with Gasteiger partial charge in [0.15, 0.2) is 0 Å². The maximum Gasteiger partial charge on any atom is 0.104 e. The second-order valence-corrected chi connectivity index (χ2v) is 4.83. The minimum Gasteiger partial charge on any atom is -0.379 e. The molecule has 17 heavy (non-hydrogen) atoms. The van der Waals surface area contributed by atoms with Gasteiger partial charge in [-0.15, -0.1) is 0 Å². The Balaban J connectivity index is 1.20. The molecule has 0 aromatic carbocycles. The first kappa shape index (κ1) is 13.3. The summed E-state index contributed by atoms with van der Waals surface area (Å²) in [7, 11) is 0. The summed E-state index contributed by atoms with van der Waals surface area (Å²) in [5, 5.41) is 0. The van der Waals surface area contributed by atoms with E-state index in [1.807, 2.05) is 0 Å². The first-order chi connectivity index (χ1) is 8.45. The first-order valence-electron chi connectivity index (χ1n) is 6.84. The number of epoxide rings is 2. The fraction of sp³-hybridized carbons (Fsp3) is 1.00. The van der Waals surface area contributed by atoms with E-state index in [1.165, 1.54) is 32.1 Å². The van der Waals surface area contributed by atoms with Crippen molar-refractivity contribution in [1.82, 2.24) is 0 Å². The summed E-state index contributed by atoms with van der Waals surface area (Å²) in [4.78, 5) is 0. The van der Waals surface area contributed by atoms with Crippen LogP contribution in [0.15, 0.2) is 0 Å². The van der Waals surface area contributed by atoms with Crippen LogP contribution < -0.4 is 0 Å². The van der Waals surface area contributed by atoms with Crippen molar-refractivity contribution in [3.8, 4) is 0 Å². The van der Waals surface area contributed by atoms with Crippen LogP contribution in [0.25, 0.3) is 0 Å². The second-order valence-electron chi connectivity index (χ2n) is 4.83. The molecule has 2 aliphatic rings. The number of hydrogen-bond donors (Lipinski definition) is 0. The number of ether oxygens (including phenoxy) is 4. The number of hydrogen-bond acceptors (Lipinski definition) is 4. The third-order valence-corrected chi connectivity index (χ3v) is 2.99. The second kappa shape index (κ2) is 8.03. The molecule has 2 atom stereocenters. The van der Waals surface area contributed by atoms with Crippen LogP contribution in [-0.2, 0) is 18.9 Å². The highest BCUT2D eigenvalue weighted by atomic mass is 16.6. The Kier molecular flexibility index (Phi) is 6.27. The van der Waals surface area contributed by atoms with E-state index in [4.69, 9.17) is 18.9 Å². The Hall–Kier alpha value is -0.160. The van der Waals surface area contributed by atoms with Crippen LogP contribution in [0.1, 0.15) is 32.1 Å². The summed E-state index contributed by atoms with van der Waals surface area (Å²) < 4.78 is 21.1. The monoisotopic (exact) mass is 244 g/mol. The number of unbranched alkanes of at least 4 members (excludes halogenated alkanes) is 4. The Labute approximate surface area is 104 Å². The third kappa shape index (κ3) is 7.71. The molecule has 0 radical (unpaired) electrons. The van der Waals surface area contributed by atoms with Crippen LogP contribution in [0.4, 0.5) is 0 Å². The average Bonchev–Trinajstić information content (AvgIpc) is 3.19. The zero-order chi connectivity index (χ0) is 11.8. The summed E-state index contributed by atoms with van der Waals surface area (Å²) in [6.07, 6.45) is 6.96. The third-order valence-electron chi connectivity index (χ3n) is 2.99. The molecule has 2 heterocycles. The molecule has 2 aliphatic heterocycles. The Morgan fingerprint density at radius 2 is 1.12 bits per heavy atom. The molecule has 0 N–H and O–H groups in total. The molecule has 0 spiro atoms. The van der Waals surface area contributed by atoms with Crippen molar-refractivity contribution >= 4 is 0 Å². The SMILES string of the molecule is C(CCCOCC1CO1)CCCOCC1CO1. The van der Waals surface area contributed by atoms with Gasteiger partial charge in [0.2, 0.25) is 0 Å². The van der Waals surface area contributed by atoms with Crippen molar-refractivity contribution in [3.63, 3.8) is 0 Å². The van der Waals surface area contributed by atoms with Gasteiger partial charge in [0.05, 0.1) is 26.4 Å². The van der Waals surface area contributed by atoms with E-state index in [1.54, 1.807) is 0 Å². The molecular formula is C13H24O4. The maximum atomic E-state index is 5.47. The molecule has 2 saturated heterocycles.